The van der Waals surface area contributed by atoms with Gasteiger partial charge in [-0.1, -0.05) is 6.07 Å². The Bertz CT molecular complexity index is 907. The van der Waals surface area contributed by atoms with Crippen molar-refractivity contribution in [3.63, 3.8) is 0 Å². The van der Waals surface area contributed by atoms with Crippen LogP contribution in [0.25, 0.3) is 5.65 Å². The first-order valence-corrected chi connectivity index (χ1v) is 11.6. The largest absolute Gasteiger partial charge is 0.378 e. The lowest BCUT2D eigenvalue weighted by atomic mass is 10.3. The quantitative estimate of drug-likeness (QED) is 0.227. The number of fused-ring (bicyclic) bond motifs is 1. The second-order valence-electron chi connectivity index (χ2n) is 8.14. The standard InChI is InChI=1S/C22H34N8O2.HI/c1-2-23-22(24-8-5-7-20-26-25-19-6-3-4-9-30(19)20)29-12-10-27(11-13-29)18-21(31)28-14-16-32-17-15-28;/h3-4,6,9H,2,5,7-8,10-18H2,1H3,(H,23,24);1H. The van der Waals surface area contributed by atoms with Crippen LogP contribution in [0.15, 0.2) is 29.4 Å². The van der Waals surface area contributed by atoms with Gasteiger partial charge in [0.15, 0.2) is 11.6 Å². The van der Waals surface area contributed by atoms with E-state index in [0.717, 1.165) is 69.5 Å². The minimum absolute atomic E-state index is 0. The number of nitrogens with one attached hydrogen (secondary N) is 1. The lowest BCUT2D eigenvalue weighted by Gasteiger charge is -2.37. The number of rotatable bonds is 7. The molecule has 0 saturated carbocycles. The fourth-order valence-corrected chi connectivity index (χ4v) is 4.13. The number of ether oxygens (including phenoxy) is 1. The van der Waals surface area contributed by atoms with Crippen molar-refractivity contribution in [1.82, 2.24) is 34.6 Å². The maximum Gasteiger partial charge on any atom is 0.236 e. The van der Waals surface area contributed by atoms with Gasteiger partial charge in [-0.3, -0.25) is 19.1 Å². The number of carbonyl (C=O) groups is 1. The van der Waals surface area contributed by atoms with E-state index >= 15 is 0 Å². The first-order chi connectivity index (χ1) is 15.7. The molecule has 2 aliphatic rings. The molecule has 0 radical (unpaired) electrons. The van der Waals surface area contributed by atoms with Crippen molar-refractivity contribution >= 4 is 41.5 Å². The molecule has 2 aliphatic heterocycles. The summed E-state index contributed by atoms with van der Waals surface area (Å²) in [6, 6.07) is 5.93. The molecule has 182 valence electrons. The highest BCUT2D eigenvalue weighted by Crippen LogP contribution is 2.07. The third kappa shape index (κ3) is 7.00. The average Bonchev–Trinajstić information content (AvgIpc) is 3.25. The van der Waals surface area contributed by atoms with Gasteiger partial charge in [0.25, 0.3) is 0 Å². The summed E-state index contributed by atoms with van der Waals surface area (Å²) in [5, 5.41) is 11.9. The molecule has 11 heteroatoms. The molecule has 2 saturated heterocycles. The van der Waals surface area contributed by atoms with E-state index in [9.17, 15) is 4.79 Å². The normalized spacial score (nSPS) is 17.8. The summed E-state index contributed by atoms with van der Waals surface area (Å²) in [4.78, 5) is 23.8. The number of aryl methyl sites for hydroxylation is 1. The number of aromatic nitrogens is 3. The lowest BCUT2D eigenvalue weighted by Crippen LogP contribution is -2.54. The van der Waals surface area contributed by atoms with E-state index in [4.69, 9.17) is 9.73 Å². The maximum absolute atomic E-state index is 12.5. The number of carbonyl (C=O) groups excluding carboxylic acids is 1. The molecule has 2 aromatic heterocycles. The first kappa shape index (κ1) is 25.6. The number of nitrogens with zero attached hydrogens (tertiary/aromatic N) is 7. The molecule has 2 aromatic rings. The van der Waals surface area contributed by atoms with E-state index in [1.807, 2.05) is 33.7 Å². The molecule has 1 N–H and O–H groups in total. The summed E-state index contributed by atoms with van der Waals surface area (Å²) in [7, 11) is 0. The maximum atomic E-state index is 12.5. The molecule has 0 aliphatic carbocycles. The predicted octanol–water partition coefficient (Wildman–Crippen LogP) is 0.722. The number of hydrogen-bond donors (Lipinski definition) is 1. The van der Waals surface area contributed by atoms with E-state index in [1.165, 1.54) is 0 Å². The molecular formula is C22H35IN8O2. The van der Waals surface area contributed by atoms with Crippen molar-refractivity contribution in [2.24, 2.45) is 4.99 Å². The molecular weight excluding hydrogens is 535 g/mol. The van der Waals surface area contributed by atoms with Crippen LogP contribution in [0.4, 0.5) is 0 Å². The van der Waals surface area contributed by atoms with Crippen molar-refractivity contribution in [1.29, 1.82) is 0 Å². The van der Waals surface area contributed by atoms with Gasteiger partial charge in [-0.2, -0.15) is 0 Å². The van der Waals surface area contributed by atoms with Gasteiger partial charge in [-0.05, 0) is 25.5 Å². The number of halogens is 1. The molecule has 0 unspecified atom stereocenters. The first-order valence-electron chi connectivity index (χ1n) is 11.6. The average molecular weight is 570 g/mol. The number of piperazine rings is 1. The van der Waals surface area contributed by atoms with Crippen LogP contribution < -0.4 is 5.32 Å². The smallest absolute Gasteiger partial charge is 0.236 e. The van der Waals surface area contributed by atoms with Crippen molar-refractivity contribution in [3.05, 3.63) is 30.2 Å². The van der Waals surface area contributed by atoms with Gasteiger partial charge < -0.3 is 19.9 Å². The van der Waals surface area contributed by atoms with Gasteiger partial charge >= 0.3 is 0 Å². The van der Waals surface area contributed by atoms with Gasteiger partial charge in [0, 0.05) is 65.0 Å². The van der Waals surface area contributed by atoms with Crippen LogP contribution in [0.1, 0.15) is 19.2 Å². The van der Waals surface area contributed by atoms with Crippen LogP contribution in [0.3, 0.4) is 0 Å². The van der Waals surface area contributed by atoms with Crippen LogP contribution in [-0.2, 0) is 16.0 Å². The minimum Gasteiger partial charge on any atom is -0.378 e. The SMILES string of the molecule is CCNC(=NCCCc1nnc2ccccn12)N1CCN(CC(=O)N2CCOCC2)CC1.I. The Labute approximate surface area is 212 Å². The summed E-state index contributed by atoms with van der Waals surface area (Å²) in [5.74, 6) is 2.14. The third-order valence-corrected chi connectivity index (χ3v) is 5.93. The number of amides is 1. The van der Waals surface area contributed by atoms with Crippen molar-refractivity contribution in [3.8, 4) is 0 Å². The number of pyridine rings is 1. The van der Waals surface area contributed by atoms with E-state index in [0.29, 0.717) is 32.8 Å². The molecule has 0 bridgehead atoms. The Hall–Kier alpha value is -1.99. The molecule has 10 nitrogen and oxygen atoms in total. The summed E-state index contributed by atoms with van der Waals surface area (Å²) >= 11 is 0. The topological polar surface area (TPSA) is 90.6 Å². The fraction of sp³-hybridized carbons (Fsp3) is 0.636. The van der Waals surface area contributed by atoms with Crippen molar-refractivity contribution in [2.45, 2.75) is 19.8 Å². The van der Waals surface area contributed by atoms with Gasteiger partial charge in [0.2, 0.25) is 5.91 Å². The van der Waals surface area contributed by atoms with Gasteiger partial charge in [0.05, 0.1) is 19.8 Å². The second-order valence-corrected chi connectivity index (χ2v) is 8.14. The van der Waals surface area contributed by atoms with Gasteiger partial charge in [0.1, 0.15) is 5.82 Å². The molecule has 4 heterocycles. The molecule has 0 aromatic carbocycles. The Morgan fingerprint density at radius 3 is 2.64 bits per heavy atom. The summed E-state index contributed by atoms with van der Waals surface area (Å²) < 4.78 is 7.38. The predicted molar refractivity (Wildman–Crippen MR) is 138 cm³/mol. The van der Waals surface area contributed by atoms with E-state index in [-0.39, 0.29) is 29.9 Å². The number of guanidine groups is 1. The minimum atomic E-state index is 0. The highest BCUT2D eigenvalue weighted by atomic mass is 127. The summed E-state index contributed by atoms with van der Waals surface area (Å²) in [6.07, 6.45) is 3.76. The Balaban J connectivity index is 0.00000306. The second kappa shape index (κ2) is 13.0. The molecule has 33 heavy (non-hydrogen) atoms. The Morgan fingerprint density at radius 2 is 1.88 bits per heavy atom. The Kier molecular flexibility index (Phi) is 10.1. The van der Waals surface area contributed by atoms with Crippen molar-refractivity contribution in [2.75, 3.05) is 72.1 Å². The molecule has 2 fully saturated rings. The van der Waals surface area contributed by atoms with Crippen LogP contribution in [0.5, 0.6) is 0 Å². The van der Waals surface area contributed by atoms with Crippen LogP contribution >= 0.6 is 24.0 Å². The monoisotopic (exact) mass is 570 g/mol. The zero-order valence-electron chi connectivity index (χ0n) is 19.4. The summed E-state index contributed by atoms with van der Waals surface area (Å²) in [6.45, 7) is 10.4. The fourth-order valence-electron chi connectivity index (χ4n) is 4.13. The molecule has 0 spiro atoms. The molecule has 1 amide bonds. The zero-order valence-corrected chi connectivity index (χ0v) is 21.7. The lowest BCUT2D eigenvalue weighted by molar-refractivity contribution is -0.136. The number of aliphatic imine (C=N–C) groups is 1. The van der Waals surface area contributed by atoms with Crippen LogP contribution in [0, 0.1) is 0 Å². The molecule has 0 atom stereocenters. The number of hydrogen-bond acceptors (Lipinski definition) is 6. The van der Waals surface area contributed by atoms with E-state index in [1.54, 1.807) is 0 Å². The van der Waals surface area contributed by atoms with E-state index < -0.39 is 0 Å². The number of morpholine rings is 1. The van der Waals surface area contributed by atoms with Crippen LogP contribution in [0.2, 0.25) is 0 Å². The van der Waals surface area contributed by atoms with Gasteiger partial charge in [-0.25, -0.2) is 0 Å². The van der Waals surface area contributed by atoms with Crippen molar-refractivity contribution < 1.29 is 9.53 Å². The Morgan fingerprint density at radius 1 is 1.09 bits per heavy atom. The van der Waals surface area contributed by atoms with Gasteiger partial charge in [-0.15, -0.1) is 34.2 Å². The van der Waals surface area contributed by atoms with Crippen LogP contribution in [-0.4, -0.2) is 113 Å². The zero-order chi connectivity index (χ0) is 22.2. The third-order valence-electron chi connectivity index (χ3n) is 5.93. The molecule has 4 rings (SSSR count). The van der Waals surface area contributed by atoms with E-state index in [2.05, 4.69) is 32.2 Å². The summed E-state index contributed by atoms with van der Waals surface area (Å²) in [5.41, 5.74) is 0.879. The highest BCUT2D eigenvalue weighted by molar-refractivity contribution is 14.0. The highest BCUT2D eigenvalue weighted by Gasteiger charge is 2.24.